The van der Waals surface area contributed by atoms with E-state index in [1.54, 1.807) is 4.90 Å². The molecule has 1 aromatic carbocycles. The number of ether oxygens (including phenoxy) is 1. The standard InChI is InChI=1S/C25H38N4O4/c1-18-9-11-20(12-10-18)26-22(30)17-28-13-6-8-21(16-28)27-23(31)19-7-5-14-29(15-19)24(32)33-25(2,3)4/h9-12,19,21H,5-8,13-17H2,1-4H3,(H,26,30)(H,27,31)/t19-,21-/m1/s1. The minimum atomic E-state index is -0.552. The number of hydrogen-bond donors (Lipinski definition) is 2. The molecule has 8 nitrogen and oxygen atoms in total. The molecule has 182 valence electrons. The van der Waals surface area contributed by atoms with E-state index in [2.05, 4.69) is 15.5 Å². The molecule has 2 atom stereocenters. The van der Waals surface area contributed by atoms with Crippen LogP contribution < -0.4 is 10.6 Å². The summed E-state index contributed by atoms with van der Waals surface area (Å²) in [5, 5.41) is 6.10. The number of likely N-dealkylation sites (tertiary alicyclic amines) is 2. The molecule has 0 saturated carbocycles. The van der Waals surface area contributed by atoms with Gasteiger partial charge in [-0.15, -0.1) is 0 Å². The first-order valence-corrected chi connectivity index (χ1v) is 12.0. The molecule has 0 radical (unpaired) electrons. The van der Waals surface area contributed by atoms with Crippen LogP contribution >= 0.6 is 0 Å². The van der Waals surface area contributed by atoms with Gasteiger partial charge >= 0.3 is 6.09 Å². The fourth-order valence-corrected chi connectivity index (χ4v) is 4.36. The Morgan fingerprint density at radius 2 is 1.73 bits per heavy atom. The summed E-state index contributed by atoms with van der Waals surface area (Å²) in [6.45, 7) is 10.3. The predicted molar refractivity (Wildman–Crippen MR) is 128 cm³/mol. The average Bonchev–Trinajstić information content (AvgIpc) is 2.74. The van der Waals surface area contributed by atoms with Crippen LogP contribution in [0.25, 0.3) is 0 Å². The van der Waals surface area contributed by atoms with E-state index in [0.29, 0.717) is 26.2 Å². The minimum absolute atomic E-state index is 0.00956. The molecule has 2 aliphatic rings. The summed E-state index contributed by atoms with van der Waals surface area (Å²) >= 11 is 0. The second-order valence-electron chi connectivity index (χ2n) is 10.3. The van der Waals surface area contributed by atoms with Crippen molar-refractivity contribution in [3.63, 3.8) is 0 Å². The molecule has 2 N–H and O–H groups in total. The molecule has 0 bridgehead atoms. The number of benzene rings is 1. The lowest BCUT2D eigenvalue weighted by atomic mass is 9.96. The summed E-state index contributed by atoms with van der Waals surface area (Å²) < 4.78 is 5.47. The Bertz CT molecular complexity index is 834. The quantitative estimate of drug-likeness (QED) is 0.707. The summed E-state index contributed by atoms with van der Waals surface area (Å²) in [5.41, 5.74) is 1.39. The van der Waals surface area contributed by atoms with E-state index in [-0.39, 0.29) is 29.9 Å². The normalized spacial score (nSPS) is 21.9. The van der Waals surface area contributed by atoms with Crippen LogP contribution in [-0.2, 0) is 14.3 Å². The third-order valence-electron chi connectivity index (χ3n) is 6.00. The fraction of sp³-hybridized carbons (Fsp3) is 0.640. The smallest absolute Gasteiger partial charge is 0.410 e. The lowest BCUT2D eigenvalue weighted by Gasteiger charge is -2.36. The van der Waals surface area contributed by atoms with Crippen LogP contribution in [0.15, 0.2) is 24.3 Å². The molecular formula is C25H38N4O4. The van der Waals surface area contributed by atoms with Gasteiger partial charge in [0.05, 0.1) is 12.5 Å². The molecule has 33 heavy (non-hydrogen) atoms. The molecule has 0 aromatic heterocycles. The lowest BCUT2D eigenvalue weighted by molar-refractivity contribution is -0.127. The van der Waals surface area contributed by atoms with Gasteiger partial charge in [0, 0.05) is 31.4 Å². The molecule has 2 aliphatic heterocycles. The summed E-state index contributed by atoms with van der Waals surface area (Å²) in [7, 11) is 0. The van der Waals surface area contributed by atoms with Crippen molar-refractivity contribution in [3.05, 3.63) is 29.8 Å². The van der Waals surface area contributed by atoms with Gasteiger partial charge in [-0.25, -0.2) is 4.79 Å². The van der Waals surface area contributed by atoms with Gasteiger partial charge in [-0.1, -0.05) is 17.7 Å². The molecule has 8 heteroatoms. The Labute approximate surface area is 197 Å². The SMILES string of the molecule is Cc1ccc(NC(=O)CN2CCC[C@@H](NC(=O)[C@@H]3CCCN(C(=O)OC(C)(C)C)C3)C2)cc1. The molecule has 3 amide bonds. The monoisotopic (exact) mass is 458 g/mol. The van der Waals surface area contributed by atoms with Gasteiger partial charge in [0.1, 0.15) is 5.60 Å². The Hall–Kier alpha value is -2.61. The second-order valence-corrected chi connectivity index (χ2v) is 10.3. The highest BCUT2D eigenvalue weighted by Crippen LogP contribution is 2.20. The molecule has 2 saturated heterocycles. The topological polar surface area (TPSA) is 91.0 Å². The van der Waals surface area contributed by atoms with E-state index in [4.69, 9.17) is 4.74 Å². The number of anilines is 1. The van der Waals surface area contributed by atoms with Gasteiger partial charge in [0.2, 0.25) is 11.8 Å². The van der Waals surface area contributed by atoms with E-state index in [0.717, 1.165) is 43.5 Å². The molecule has 1 aromatic rings. The third kappa shape index (κ3) is 8.03. The van der Waals surface area contributed by atoms with Crippen LogP contribution in [0.4, 0.5) is 10.5 Å². The zero-order valence-electron chi connectivity index (χ0n) is 20.4. The number of piperidine rings is 2. The molecule has 3 rings (SSSR count). The van der Waals surface area contributed by atoms with Gasteiger partial charge in [-0.05, 0) is 72.1 Å². The van der Waals surface area contributed by atoms with Crippen molar-refractivity contribution in [2.75, 3.05) is 38.0 Å². The second kappa shape index (κ2) is 11.0. The predicted octanol–water partition coefficient (Wildman–Crippen LogP) is 3.16. The van der Waals surface area contributed by atoms with E-state index < -0.39 is 5.60 Å². The highest BCUT2D eigenvalue weighted by Gasteiger charge is 2.32. The van der Waals surface area contributed by atoms with Gasteiger partial charge in [0.15, 0.2) is 0 Å². The number of nitrogens with zero attached hydrogens (tertiary/aromatic N) is 2. The lowest BCUT2D eigenvalue weighted by Crippen LogP contribution is -2.53. The maximum Gasteiger partial charge on any atom is 0.410 e. The Morgan fingerprint density at radius 1 is 1.03 bits per heavy atom. The van der Waals surface area contributed by atoms with Crippen molar-refractivity contribution < 1.29 is 19.1 Å². The molecule has 0 aliphatic carbocycles. The van der Waals surface area contributed by atoms with E-state index in [1.165, 1.54) is 0 Å². The number of hydrogen-bond acceptors (Lipinski definition) is 5. The van der Waals surface area contributed by atoms with Crippen molar-refractivity contribution in [3.8, 4) is 0 Å². The van der Waals surface area contributed by atoms with Crippen LogP contribution in [0, 0.1) is 12.8 Å². The minimum Gasteiger partial charge on any atom is -0.444 e. The number of carbonyl (C=O) groups is 3. The van der Waals surface area contributed by atoms with E-state index >= 15 is 0 Å². The van der Waals surface area contributed by atoms with Crippen LogP contribution in [-0.4, -0.2) is 72.1 Å². The van der Waals surface area contributed by atoms with Crippen LogP contribution in [0.5, 0.6) is 0 Å². The molecule has 0 unspecified atom stereocenters. The highest BCUT2D eigenvalue weighted by atomic mass is 16.6. The van der Waals surface area contributed by atoms with Crippen molar-refractivity contribution in [1.29, 1.82) is 0 Å². The zero-order chi connectivity index (χ0) is 24.0. The number of rotatable bonds is 5. The number of carbonyl (C=O) groups excluding carboxylic acids is 3. The zero-order valence-corrected chi connectivity index (χ0v) is 20.4. The first kappa shape index (κ1) is 25.0. The van der Waals surface area contributed by atoms with Crippen molar-refractivity contribution in [2.24, 2.45) is 5.92 Å². The van der Waals surface area contributed by atoms with Gasteiger partial charge in [-0.2, -0.15) is 0 Å². The Balaban J connectivity index is 1.46. The van der Waals surface area contributed by atoms with Gasteiger partial charge < -0.3 is 20.3 Å². The molecular weight excluding hydrogens is 420 g/mol. The number of aryl methyl sites for hydroxylation is 1. The third-order valence-corrected chi connectivity index (χ3v) is 6.00. The summed E-state index contributed by atoms with van der Waals surface area (Å²) in [5.74, 6) is -0.295. The first-order chi connectivity index (χ1) is 15.6. The first-order valence-electron chi connectivity index (χ1n) is 12.0. The van der Waals surface area contributed by atoms with Crippen molar-refractivity contribution in [2.45, 2.75) is 65.0 Å². The molecule has 2 fully saturated rings. The van der Waals surface area contributed by atoms with E-state index in [1.807, 2.05) is 52.0 Å². The summed E-state index contributed by atoms with van der Waals surface area (Å²) in [6, 6.07) is 7.75. The van der Waals surface area contributed by atoms with E-state index in [9.17, 15) is 14.4 Å². The largest absolute Gasteiger partial charge is 0.444 e. The van der Waals surface area contributed by atoms with Crippen LogP contribution in [0.3, 0.4) is 0 Å². The molecule has 0 spiro atoms. The number of amides is 3. The van der Waals surface area contributed by atoms with Crippen LogP contribution in [0.1, 0.15) is 52.0 Å². The average molecular weight is 459 g/mol. The summed E-state index contributed by atoms with van der Waals surface area (Å²) in [4.78, 5) is 41.5. The maximum absolute atomic E-state index is 12.9. The number of nitrogens with one attached hydrogen (secondary N) is 2. The molecule has 2 heterocycles. The Morgan fingerprint density at radius 3 is 2.42 bits per heavy atom. The maximum atomic E-state index is 12.9. The highest BCUT2D eigenvalue weighted by molar-refractivity contribution is 5.92. The summed E-state index contributed by atoms with van der Waals surface area (Å²) in [6.07, 6.45) is 3.01. The van der Waals surface area contributed by atoms with Gasteiger partial charge in [-0.3, -0.25) is 14.5 Å². The Kier molecular flexibility index (Phi) is 8.35. The fourth-order valence-electron chi connectivity index (χ4n) is 4.36. The van der Waals surface area contributed by atoms with Gasteiger partial charge in [0.25, 0.3) is 0 Å². The van der Waals surface area contributed by atoms with Crippen LogP contribution in [0.2, 0.25) is 0 Å². The van der Waals surface area contributed by atoms with Crippen molar-refractivity contribution in [1.82, 2.24) is 15.1 Å². The van der Waals surface area contributed by atoms with Crippen molar-refractivity contribution >= 4 is 23.6 Å².